The number of benzene rings is 1. The number of imidazole rings is 1. The first-order valence-electron chi connectivity index (χ1n) is 6.23. The first-order valence-corrected chi connectivity index (χ1v) is 7.86. The van der Waals surface area contributed by atoms with Crippen molar-refractivity contribution in [3.05, 3.63) is 57.3 Å². The third-order valence-electron chi connectivity index (χ3n) is 3.16. The maximum atomic E-state index is 6.21. The van der Waals surface area contributed by atoms with Gasteiger partial charge in [-0.15, -0.1) is 11.3 Å². The van der Waals surface area contributed by atoms with Crippen molar-refractivity contribution in [2.24, 2.45) is 0 Å². The molecule has 3 rings (SSSR count). The number of halogens is 2. The Morgan fingerprint density at radius 3 is 3.00 bits per heavy atom. The molecule has 20 heavy (non-hydrogen) atoms. The highest BCUT2D eigenvalue weighted by Gasteiger charge is 2.10. The van der Waals surface area contributed by atoms with Crippen molar-refractivity contribution in [3.8, 4) is 0 Å². The molecule has 1 unspecified atom stereocenters. The SMILES string of the molecule is CC(NCc1cn2ccsc2n1)c1ccc(Cl)cc1Cl. The Hall–Kier alpha value is -1.07. The minimum atomic E-state index is 0.138. The Labute approximate surface area is 131 Å². The van der Waals surface area contributed by atoms with Gasteiger partial charge in [-0.1, -0.05) is 29.3 Å². The molecule has 3 aromatic rings. The molecule has 1 atom stereocenters. The molecule has 0 aliphatic rings. The molecule has 0 aliphatic carbocycles. The average Bonchev–Trinajstić information content (AvgIpc) is 2.96. The van der Waals surface area contributed by atoms with Crippen LogP contribution >= 0.6 is 34.5 Å². The first kappa shape index (κ1) is 13.9. The molecular weight excluding hydrogens is 313 g/mol. The molecule has 0 saturated carbocycles. The molecule has 0 radical (unpaired) electrons. The van der Waals surface area contributed by atoms with E-state index < -0.39 is 0 Å². The smallest absolute Gasteiger partial charge is 0.193 e. The molecule has 1 N–H and O–H groups in total. The lowest BCUT2D eigenvalue weighted by Gasteiger charge is -2.15. The number of nitrogens with one attached hydrogen (secondary N) is 1. The molecule has 2 heterocycles. The van der Waals surface area contributed by atoms with Crippen molar-refractivity contribution >= 4 is 39.5 Å². The normalized spacial score (nSPS) is 12.9. The second-order valence-electron chi connectivity index (χ2n) is 4.59. The topological polar surface area (TPSA) is 29.3 Å². The summed E-state index contributed by atoms with van der Waals surface area (Å²) in [4.78, 5) is 5.55. The van der Waals surface area contributed by atoms with Crippen LogP contribution in [0, 0.1) is 0 Å². The van der Waals surface area contributed by atoms with Crippen LogP contribution in [0.5, 0.6) is 0 Å². The summed E-state index contributed by atoms with van der Waals surface area (Å²) in [7, 11) is 0. The zero-order valence-corrected chi connectivity index (χ0v) is 13.1. The van der Waals surface area contributed by atoms with Gasteiger partial charge < -0.3 is 5.32 Å². The van der Waals surface area contributed by atoms with Crippen molar-refractivity contribution in [1.82, 2.24) is 14.7 Å². The van der Waals surface area contributed by atoms with Gasteiger partial charge in [-0.3, -0.25) is 4.40 Å². The van der Waals surface area contributed by atoms with E-state index in [1.165, 1.54) is 0 Å². The second kappa shape index (κ2) is 5.74. The number of hydrogen-bond donors (Lipinski definition) is 1. The van der Waals surface area contributed by atoms with Gasteiger partial charge in [-0.2, -0.15) is 0 Å². The Bertz CT molecular complexity index is 706. The monoisotopic (exact) mass is 325 g/mol. The standard InChI is InChI=1S/C14H13Cl2N3S/c1-9(12-3-2-10(15)6-13(12)16)17-7-11-8-19-4-5-20-14(19)18-11/h2-6,8-9,17H,7H2,1H3. The van der Waals surface area contributed by atoms with E-state index in [2.05, 4.69) is 17.2 Å². The van der Waals surface area contributed by atoms with E-state index in [1.54, 1.807) is 17.4 Å². The molecule has 6 heteroatoms. The lowest BCUT2D eigenvalue weighted by atomic mass is 10.1. The van der Waals surface area contributed by atoms with Gasteiger partial charge in [0.2, 0.25) is 0 Å². The molecule has 0 bridgehead atoms. The summed E-state index contributed by atoms with van der Waals surface area (Å²) in [6.07, 6.45) is 4.05. The molecule has 0 spiro atoms. The van der Waals surface area contributed by atoms with Gasteiger partial charge in [0.25, 0.3) is 0 Å². The van der Waals surface area contributed by atoms with Crippen LogP contribution < -0.4 is 5.32 Å². The van der Waals surface area contributed by atoms with Crippen LogP contribution in [0.4, 0.5) is 0 Å². The summed E-state index contributed by atoms with van der Waals surface area (Å²) >= 11 is 13.8. The molecular formula is C14H13Cl2N3S. The highest BCUT2D eigenvalue weighted by Crippen LogP contribution is 2.26. The molecule has 3 nitrogen and oxygen atoms in total. The summed E-state index contributed by atoms with van der Waals surface area (Å²) in [5.74, 6) is 0. The fourth-order valence-electron chi connectivity index (χ4n) is 2.08. The fraction of sp³-hybridized carbons (Fsp3) is 0.214. The van der Waals surface area contributed by atoms with Crippen molar-refractivity contribution in [2.75, 3.05) is 0 Å². The van der Waals surface area contributed by atoms with Gasteiger partial charge in [-0.25, -0.2) is 4.98 Å². The Morgan fingerprint density at radius 2 is 2.25 bits per heavy atom. The van der Waals surface area contributed by atoms with E-state index >= 15 is 0 Å². The maximum absolute atomic E-state index is 6.21. The zero-order chi connectivity index (χ0) is 14.1. The Balaban J connectivity index is 1.69. The van der Waals surface area contributed by atoms with Gasteiger partial charge in [0.15, 0.2) is 4.96 Å². The summed E-state index contributed by atoms with van der Waals surface area (Å²) in [5, 5.41) is 6.79. The molecule has 0 saturated heterocycles. The highest BCUT2D eigenvalue weighted by molar-refractivity contribution is 7.15. The Morgan fingerprint density at radius 1 is 1.40 bits per heavy atom. The molecule has 1 aromatic carbocycles. The fourth-order valence-corrected chi connectivity index (χ4v) is 3.37. The van der Waals surface area contributed by atoms with Crippen LogP contribution in [-0.4, -0.2) is 9.38 Å². The van der Waals surface area contributed by atoms with Crippen LogP contribution in [0.15, 0.2) is 36.0 Å². The molecule has 0 amide bonds. The predicted molar refractivity (Wildman–Crippen MR) is 84.8 cm³/mol. The summed E-state index contributed by atoms with van der Waals surface area (Å²) in [5.41, 5.74) is 2.06. The van der Waals surface area contributed by atoms with Crippen molar-refractivity contribution in [1.29, 1.82) is 0 Å². The minimum Gasteiger partial charge on any atom is -0.304 e. The van der Waals surface area contributed by atoms with E-state index in [9.17, 15) is 0 Å². The van der Waals surface area contributed by atoms with Gasteiger partial charge in [0.05, 0.1) is 5.69 Å². The highest BCUT2D eigenvalue weighted by atomic mass is 35.5. The number of aromatic nitrogens is 2. The van der Waals surface area contributed by atoms with Crippen molar-refractivity contribution in [2.45, 2.75) is 19.5 Å². The van der Waals surface area contributed by atoms with E-state index in [0.717, 1.165) is 16.2 Å². The third-order valence-corrected chi connectivity index (χ3v) is 4.49. The maximum Gasteiger partial charge on any atom is 0.193 e. The van der Waals surface area contributed by atoms with Gasteiger partial charge in [0, 0.05) is 40.4 Å². The van der Waals surface area contributed by atoms with Gasteiger partial charge >= 0.3 is 0 Å². The van der Waals surface area contributed by atoms with Crippen LogP contribution in [0.1, 0.15) is 24.2 Å². The molecule has 0 aliphatic heterocycles. The largest absolute Gasteiger partial charge is 0.304 e. The van der Waals surface area contributed by atoms with E-state index in [4.69, 9.17) is 23.2 Å². The van der Waals surface area contributed by atoms with Crippen LogP contribution in [0.25, 0.3) is 4.96 Å². The third kappa shape index (κ3) is 2.83. The van der Waals surface area contributed by atoms with E-state index in [0.29, 0.717) is 16.6 Å². The van der Waals surface area contributed by atoms with Crippen molar-refractivity contribution in [3.63, 3.8) is 0 Å². The molecule has 104 valence electrons. The van der Waals surface area contributed by atoms with Crippen LogP contribution in [-0.2, 0) is 6.54 Å². The minimum absolute atomic E-state index is 0.138. The first-order chi connectivity index (χ1) is 9.63. The van der Waals surface area contributed by atoms with Gasteiger partial charge in [0.1, 0.15) is 0 Å². The Kier molecular flexibility index (Phi) is 3.98. The molecule has 0 fully saturated rings. The number of rotatable bonds is 4. The van der Waals surface area contributed by atoms with Crippen molar-refractivity contribution < 1.29 is 0 Å². The number of nitrogens with zero attached hydrogens (tertiary/aromatic N) is 2. The number of thiazole rings is 1. The zero-order valence-electron chi connectivity index (χ0n) is 10.8. The predicted octanol–water partition coefficient (Wildman–Crippen LogP) is 4.55. The van der Waals surface area contributed by atoms with E-state index in [1.807, 2.05) is 34.3 Å². The summed E-state index contributed by atoms with van der Waals surface area (Å²) in [6, 6.07) is 5.71. The quantitative estimate of drug-likeness (QED) is 0.762. The van der Waals surface area contributed by atoms with E-state index in [-0.39, 0.29) is 6.04 Å². The van der Waals surface area contributed by atoms with Gasteiger partial charge in [-0.05, 0) is 24.6 Å². The summed E-state index contributed by atoms with van der Waals surface area (Å²) < 4.78 is 2.03. The molecule has 2 aromatic heterocycles. The van der Waals surface area contributed by atoms with Crippen LogP contribution in [0.2, 0.25) is 10.0 Å². The summed E-state index contributed by atoms with van der Waals surface area (Å²) in [6.45, 7) is 2.78. The number of fused-ring (bicyclic) bond motifs is 1. The van der Waals surface area contributed by atoms with Crippen LogP contribution in [0.3, 0.4) is 0 Å². The lowest BCUT2D eigenvalue weighted by Crippen LogP contribution is -2.18. The number of hydrogen-bond acceptors (Lipinski definition) is 3. The average molecular weight is 326 g/mol. The lowest BCUT2D eigenvalue weighted by molar-refractivity contribution is 0.569. The second-order valence-corrected chi connectivity index (χ2v) is 6.31.